The molecule has 2 aromatic carbocycles. The molecule has 59 heavy (non-hydrogen) atoms. The van der Waals surface area contributed by atoms with Gasteiger partial charge in [0, 0.05) is 39.9 Å². The second kappa shape index (κ2) is 26.2. The Hall–Kier alpha value is -0.720. The van der Waals surface area contributed by atoms with E-state index in [0.717, 1.165) is 4.90 Å². The molecule has 27 heteroatoms. The van der Waals surface area contributed by atoms with Crippen molar-refractivity contribution in [1.82, 2.24) is 20.9 Å². The first kappa shape index (κ1) is 54.4. The molecule has 14 N–H and O–H groups in total. The molecule has 4 atom stereocenters. The third-order valence-corrected chi connectivity index (χ3v) is 14.2. The highest BCUT2D eigenvalue weighted by molar-refractivity contribution is 14.1. The van der Waals surface area contributed by atoms with E-state index in [1.54, 1.807) is 136 Å². The van der Waals surface area contributed by atoms with Gasteiger partial charge in [0.2, 0.25) is 0 Å². The predicted molar refractivity (Wildman–Crippen MR) is 259 cm³/mol. The van der Waals surface area contributed by atoms with Gasteiger partial charge in [0.1, 0.15) is 0 Å². The van der Waals surface area contributed by atoms with E-state index in [1.807, 2.05) is 0 Å². The average Bonchev–Trinajstić information content (AvgIpc) is 3.20. The zero-order chi connectivity index (χ0) is 44.9. The summed E-state index contributed by atoms with van der Waals surface area (Å²) in [5.41, 5.74) is -0.655. The molecular weight excluding hydrogens is 1470 g/mol. The maximum absolute atomic E-state index is 14.3. The van der Waals surface area contributed by atoms with Crippen LogP contribution in [-0.2, 0) is 9.59 Å². The molecule has 0 radical (unpaired) electrons. The summed E-state index contributed by atoms with van der Waals surface area (Å²) in [6, 6.07) is 0. The lowest BCUT2D eigenvalue weighted by Gasteiger charge is -2.26. The number of rotatable bonds is 21. The third kappa shape index (κ3) is 14.4. The van der Waals surface area contributed by atoms with E-state index in [2.05, 4.69) is 26.6 Å². The van der Waals surface area contributed by atoms with Crippen molar-refractivity contribution in [3.05, 3.63) is 43.7 Å². The molecule has 0 fully saturated rings. The third-order valence-electron chi connectivity index (χ3n) is 7.72. The summed E-state index contributed by atoms with van der Waals surface area (Å²) < 4.78 is 0.623. The van der Waals surface area contributed by atoms with Crippen LogP contribution in [0.15, 0.2) is 0 Å². The van der Waals surface area contributed by atoms with Gasteiger partial charge in [-0.1, -0.05) is 0 Å². The van der Waals surface area contributed by atoms with Crippen molar-refractivity contribution in [3.63, 3.8) is 0 Å². The number of nitrogens with zero attached hydrogens (tertiary/aromatic N) is 1. The zero-order valence-corrected chi connectivity index (χ0v) is 43.0. The Morgan fingerprint density at radius 1 is 0.492 bits per heavy atom. The first-order valence-corrected chi connectivity index (χ1v) is 23.1. The van der Waals surface area contributed by atoms with Crippen LogP contribution >= 0.6 is 136 Å². The van der Waals surface area contributed by atoms with Crippen LogP contribution in [0.4, 0.5) is 11.4 Å². The Balaban J connectivity index is 2.62. The Bertz CT molecular complexity index is 1910. The van der Waals surface area contributed by atoms with Crippen LogP contribution < -0.4 is 26.6 Å². The second-order valence-electron chi connectivity index (χ2n) is 11.9. The number of nitrogens with one attached hydrogen (secondary N) is 5. The Morgan fingerprint density at radius 3 is 1.20 bits per heavy atom. The molecule has 0 aromatic heterocycles. The van der Waals surface area contributed by atoms with Gasteiger partial charge >= 0.3 is 0 Å². The van der Waals surface area contributed by atoms with Gasteiger partial charge in [-0.15, -0.1) is 0 Å². The molecule has 0 saturated carbocycles. The smallest absolute Gasteiger partial charge is 0.256 e. The lowest BCUT2D eigenvalue weighted by atomic mass is 10.1. The lowest BCUT2D eigenvalue weighted by molar-refractivity contribution is -0.126. The van der Waals surface area contributed by atoms with Gasteiger partial charge in [-0.2, -0.15) is 0 Å². The van der Waals surface area contributed by atoms with Crippen molar-refractivity contribution < 1.29 is 74.7 Å². The van der Waals surface area contributed by atoms with Crippen LogP contribution in [0.1, 0.15) is 41.4 Å². The highest BCUT2D eigenvalue weighted by Crippen LogP contribution is 2.38. The number of aliphatic hydroxyl groups is 9. The van der Waals surface area contributed by atoms with Crippen LogP contribution in [0.5, 0.6) is 0 Å². The molecule has 0 aliphatic rings. The summed E-state index contributed by atoms with van der Waals surface area (Å²) in [5.74, 6) is -5.30. The SMILES string of the molecule is O=C(NCCN(CCO)C(=O)c1c(I)c(NC(=O)C(O)CO)c(I)c(C(=O)NCC(O)CO)c1I)c1c(I)c(NC(=O)C(O)CO)c(I)c(C(=O)NCC(O)CO)c1I. The highest BCUT2D eigenvalue weighted by Gasteiger charge is 2.33. The Morgan fingerprint density at radius 2 is 0.847 bits per heavy atom. The highest BCUT2D eigenvalue weighted by atomic mass is 127. The number of carbonyl (C=O) groups is 6. The van der Waals surface area contributed by atoms with Gasteiger partial charge in [0.15, 0.2) is 12.2 Å². The fourth-order valence-electron chi connectivity index (χ4n) is 4.63. The number of hydrogen-bond donors (Lipinski definition) is 14. The van der Waals surface area contributed by atoms with Gasteiger partial charge in [-0.3, -0.25) is 28.8 Å². The molecule has 2 aromatic rings. The van der Waals surface area contributed by atoms with Gasteiger partial charge in [-0.05, 0) is 136 Å². The minimum absolute atomic E-state index is 0.0674. The van der Waals surface area contributed by atoms with Gasteiger partial charge in [0.05, 0.1) is 93.2 Å². The van der Waals surface area contributed by atoms with Crippen molar-refractivity contribution in [2.75, 3.05) is 76.4 Å². The molecule has 0 heterocycles. The number of halogens is 6. The summed E-state index contributed by atoms with van der Waals surface area (Å²) in [6.07, 6.45) is -6.35. The summed E-state index contributed by atoms with van der Waals surface area (Å²) in [5, 5.41) is 98.8. The molecule has 0 aliphatic carbocycles. The Kier molecular flexibility index (Phi) is 24.1. The minimum Gasteiger partial charge on any atom is -0.395 e. The van der Waals surface area contributed by atoms with Crippen LogP contribution in [0.3, 0.4) is 0 Å². The summed E-state index contributed by atoms with van der Waals surface area (Å²) in [7, 11) is 0. The summed E-state index contributed by atoms with van der Waals surface area (Å²) in [6.45, 7) is -5.36. The molecule has 2 rings (SSSR count). The number of anilines is 2. The Labute approximate surface area is 417 Å². The fourth-order valence-corrected chi connectivity index (χ4v) is 13.4. The van der Waals surface area contributed by atoms with Gasteiger partial charge in [-0.25, -0.2) is 0 Å². The normalized spacial score (nSPS) is 13.1. The number of hydrogen-bond acceptors (Lipinski definition) is 15. The molecule has 21 nitrogen and oxygen atoms in total. The number of benzene rings is 2. The van der Waals surface area contributed by atoms with E-state index < -0.39 is 92.9 Å². The van der Waals surface area contributed by atoms with Crippen LogP contribution in [0.2, 0.25) is 0 Å². The maximum atomic E-state index is 14.3. The van der Waals surface area contributed by atoms with E-state index in [4.69, 9.17) is 0 Å². The van der Waals surface area contributed by atoms with E-state index in [-0.39, 0.29) is 87.8 Å². The van der Waals surface area contributed by atoms with Crippen LogP contribution in [0.25, 0.3) is 0 Å². The zero-order valence-electron chi connectivity index (χ0n) is 30.1. The van der Waals surface area contributed by atoms with E-state index in [1.165, 1.54) is 0 Å². The van der Waals surface area contributed by atoms with Crippen LogP contribution in [0, 0.1) is 21.4 Å². The topological polar surface area (TPSA) is 348 Å². The largest absolute Gasteiger partial charge is 0.395 e. The lowest BCUT2D eigenvalue weighted by Crippen LogP contribution is -2.42. The molecule has 0 saturated heterocycles. The molecule has 0 bridgehead atoms. The predicted octanol–water partition coefficient (Wildman–Crippen LogP) is -2.07. The van der Waals surface area contributed by atoms with Crippen molar-refractivity contribution in [1.29, 1.82) is 0 Å². The second-order valence-corrected chi connectivity index (χ2v) is 18.3. The summed E-state index contributed by atoms with van der Waals surface area (Å²) in [4.78, 5) is 81.4. The molecule has 6 amide bonds. The first-order chi connectivity index (χ1) is 27.7. The number of carbonyl (C=O) groups excluding carboxylic acids is 6. The number of amides is 6. The number of aliphatic hydroxyl groups excluding tert-OH is 9. The molecule has 328 valence electrons. The summed E-state index contributed by atoms with van der Waals surface area (Å²) >= 11 is 10.5. The molecular formula is C32H38I6N6O15. The van der Waals surface area contributed by atoms with Crippen molar-refractivity contribution in [2.45, 2.75) is 24.4 Å². The van der Waals surface area contributed by atoms with Gasteiger partial charge < -0.3 is 77.4 Å². The standard InChI is InChI=1S/C32H38I6N6O15/c33-19-15(21(35)25(42-27(54)13(52)9-48)22(36)16(19)30(57)40-5-11(50)7-46)29(56)39-1-2-44(3-4-45)32(59)18-20(34)17(31(58)41-6-12(51)8-47)23(37)26(24(18)38)43-28(55)14(53)10-49/h11-14,45-53H,1-10H2,(H,39,56)(H,40,57)(H,41,58)(H,42,54)(H,43,55). The monoisotopic (exact) mass is 1510 g/mol. The average molecular weight is 1510 g/mol. The minimum atomic E-state index is -1.87. The van der Waals surface area contributed by atoms with E-state index in [0.29, 0.717) is 0 Å². The van der Waals surface area contributed by atoms with E-state index >= 15 is 0 Å². The van der Waals surface area contributed by atoms with Crippen molar-refractivity contribution in [3.8, 4) is 0 Å². The van der Waals surface area contributed by atoms with Crippen molar-refractivity contribution >= 4 is 182 Å². The first-order valence-electron chi connectivity index (χ1n) is 16.7. The van der Waals surface area contributed by atoms with Crippen LogP contribution in [-0.4, -0.2) is 176 Å². The molecule has 0 spiro atoms. The van der Waals surface area contributed by atoms with Crippen molar-refractivity contribution in [2.24, 2.45) is 0 Å². The fraction of sp³-hybridized carbons (Fsp3) is 0.438. The quantitative estimate of drug-likeness (QED) is 0.0598. The van der Waals surface area contributed by atoms with E-state index in [9.17, 15) is 74.7 Å². The molecule has 4 unspecified atom stereocenters. The maximum Gasteiger partial charge on any atom is 0.256 e. The molecule has 0 aliphatic heterocycles. The van der Waals surface area contributed by atoms with Gasteiger partial charge in [0.25, 0.3) is 35.4 Å².